The summed E-state index contributed by atoms with van der Waals surface area (Å²) in [4.78, 5) is 24.7. The van der Waals surface area contributed by atoms with Crippen molar-refractivity contribution < 1.29 is 9.90 Å². The number of nitrogens with one attached hydrogen (secondary N) is 2. The molecule has 0 unspecified atom stereocenters. The average Bonchev–Trinajstić information content (AvgIpc) is 3.05. The molecule has 0 saturated heterocycles. The van der Waals surface area contributed by atoms with Gasteiger partial charge in [-0.1, -0.05) is 6.07 Å². The Bertz CT molecular complexity index is 946. The van der Waals surface area contributed by atoms with Gasteiger partial charge in [0.2, 0.25) is 0 Å². The second kappa shape index (κ2) is 7.64. The highest BCUT2D eigenvalue weighted by molar-refractivity contribution is 6.01. The number of anilines is 2. The zero-order chi connectivity index (χ0) is 18.5. The van der Waals surface area contributed by atoms with Crippen molar-refractivity contribution >= 4 is 34.7 Å². The Balaban J connectivity index is 1.76. The predicted molar refractivity (Wildman–Crippen MR) is 102 cm³/mol. The summed E-state index contributed by atoms with van der Waals surface area (Å²) >= 11 is 0. The van der Waals surface area contributed by atoms with Gasteiger partial charge in [0.15, 0.2) is 5.82 Å². The third-order valence-corrected chi connectivity index (χ3v) is 4.08. The number of hydrogen-bond donors (Lipinski definition) is 3. The molecule has 0 bridgehead atoms. The molecule has 0 spiro atoms. The number of nitrogens with zero attached hydrogens (tertiary/aromatic N) is 4. The first-order valence-corrected chi connectivity index (χ1v) is 8.32. The first-order chi connectivity index (χ1) is 12.6. The second-order valence-corrected chi connectivity index (χ2v) is 5.61. The molecule has 8 nitrogen and oxygen atoms in total. The fourth-order valence-corrected chi connectivity index (χ4v) is 2.69. The van der Waals surface area contributed by atoms with E-state index in [1.165, 1.54) is 6.33 Å². The summed E-state index contributed by atoms with van der Waals surface area (Å²) in [5.41, 5.74) is 4.74. The number of rotatable bonds is 7. The maximum absolute atomic E-state index is 11.0. The minimum absolute atomic E-state index is 0.242. The summed E-state index contributed by atoms with van der Waals surface area (Å²) in [6, 6.07) is 6.78. The Morgan fingerprint density at radius 3 is 2.85 bits per heavy atom. The highest BCUT2D eigenvalue weighted by atomic mass is 16.4. The molecule has 134 valence electrons. The Kier molecular flexibility index (Phi) is 5.12. The van der Waals surface area contributed by atoms with Crippen molar-refractivity contribution in [3.05, 3.63) is 47.9 Å². The number of hydrogen-bond acceptors (Lipinski definition) is 6. The lowest BCUT2D eigenvalue weighted by molar-refractivity contribution is 0.0697. The van der Waals surface area contributed by atoms with E-state index < -0.39 is 5.97 Å². The lowest BCUT2D eigenvalue weighted by Crippen LogP contribution is -2.23. The molecule has 2 aromatic heterocycles. The van der Waals surface area contributed by atoms with Gasteiger partial charge in [0.1, 0.15) is 12.1 Å². The van der Waals surface area contributed by atoms with Gasteiger partial charge in [0, 0.05) is 41.8 Å². The lowest BCUT2D eigenvalue weighted by Gasteiger charge is -2.19. The molecule has 26 heavy (non-hydrogen) atoms. The van der Waals surface area contributed by atoms with E-state index >= 15 is 0 Å². The monoisotopic (exact) mass is 352 g/mol. The lowest BCUT2D eigenvalue weighted by atomic mass is 10.1. The molecule has 8 heteroatoms. The van der Waals surface area contributed by atoms with Crippen LogP contribution in [0.4, 0.5) is 11.6 Å². The van der Waals surface area contributed by atoms with E-state index in [1.54, 1.807) is 30.6 Å². The van der Waals surface area contributed by atoms with Gasteiger partial charge in [-0.25, -0.2) is 14.8 Å². The van der Waals surface area contributed by atoms with Gasteiger partial charge in [-0.05, 0) is 26.0 Å². The number of fused-ring (bicyclic) bond motifs is 1. The highest BCUT2D eigenvalue weighted by Gasteiger charge is 2.07. The van der Waals surface area contributed by atoms with Crippen molar-refractivity contribution in [2.75, 3.05) is 23.4 Å². The normalized spacial score (nSPS) is 11.2. The van der Waals surface area contributed by atoms with Gasteiger partial charge in [-0.15, -0.1) is 0 Å². The van der Waals surface area contributed by atoms with Crippen LogP contribution in [0.2, 0.25) is 0 Å². The van der Waals surface area contributed by atoms with Gasteiger partial charge < -0.3 is 15.0 Å². The first kappa shape index (κ1) is 17.4. The Labute approximate surface area is 150 Å². The van der Waals surface area contributed by atoms with Crippen LogP contribution in [0.5, 0.6) is 0 Å². The molecular weight excluding hydrogens is 332 g/mol. The predicted octanol–water partition coefficient (Wildman–Crippen LogP) is 2.95. The SMILES string of the molecule is CCN(CC)c1cc(N/N=C/c2c[nH]c3cc(C(=O)O)ccc23)ncn1. The Morgan fingerprint density at radius 1 is 1.31 bits per heavy atom. The third-order valence-electron chi connectivity index (χ3n) is 4.08. The van der Waals surface area contributed by atoms with Crippen LogP contribution in [-0.2, 0) is 0 Å². The number of H-pyrrole nitrogens is 1. The van der Waals surface area contributed by atoms with Crippen molar-refractivity contribution in [3.63, 3.8) is 0 Å². The number of aromatic carboxylic acids is 1. The van der Waals surface area contributed by atoms with Crippen LogP contribution in [0.1, 0.15) is 29.8 Å². The molecule has 0 saturated carbocycles. The van der Waals surface area contributed by atoms with Crippen LogP contribution in [-0.4, -0.2) is 45.3 Å². The number of carboxylic acids is 1. The summed E-state index contributed by atoms with van der Waals surface area (Å²) in [6.07, 6.45) is 4.95. The minimum atomic E-state index is -0.953. The van der Waals surface area contributed by atoms with E-state index in [0.717, 1.165) is 35.4 Å². The van der Waals surface area contributed by atoms with Crippen LogP contribution in [0.25, 0.3) is 10.9 Å². The molecule has 0 aliphatic carbocycles. The molecular formula is C18H20N6O2. The van der Waals surface area contributed by atoms with Gasteiger partial charge >= 0.3 is 5.97 Å². The van der Waals surface area contributed by atoms with E-state index in [9.17, 15) is 4.79 Å². The number of benzene rings is 1. The Hall–Kier alpha value is -3.42. The quantitative estimate of drug-likeness (QED) is 0.446. The van der Waals surface area contributed by atoms with Crippen molar-refractivity contribution in [1.82, 2.24) is 15.0 Å². The van der Waals surface area contributed by atoms with Crippen LogP contribution in [0, 0.1) is 0 Å². The van der Waals surface area contributed by atoms with Crippen molar-refractivity contribution in [1.29, 1.82) is 0 Å². The van der Waals surface area contributed by atoms with E-state index in [2.05, 4.69) is 44.2 Å². The van der Waals surface area contributed by atoms with E-state index in [1.807, 2.05) is 6.07 Å². The number of aromatic nitrogens is 3. The van der Waals surface area contributed by atoms with E-state index in [0.29, 0.717) is 5.82 Å². The van der Waals surface area contributed by atoms with Crippen LogP contribution < -0.4 is 10.3 Å². The number of hydrazone groups is 1. The second-order valence-electron chi connectivity index (χ2n) is 5.61. The molecule has 3 N–H and O–H groups in total. The van der Waals surface area contributed by atoms with E-state index in [-0.39, 0.29) is 5.56 Å². The fraction of sp³-hybridized carbons (Fsp3) is 0.222. The summed E-state index contributed by atoms with van der Waals surface area (Å²) in [7, 11) is 0. The van der Waals surface area contributed by atoms with E-state index in [4.69, 9.17) is 5.11 Å². The molecule has 0 atom stereocenters. The van der Waals surface area contributed by atoms with Crippen molar-refractivity contribution in [3.8, 4) is 0 Å². The zero-order valence-corrected chi connectivity index (χ0v) is 14.6. The largest absolute Gasteiger partial charge is 0.478 e. The van der Waals surface area contributed by atoms with Gasteiger partial charge in [0.05, 0.1) is 11.8 Å². The standard InChI is InChI=1S/C18H20N6O2/c1-3-24(4-2)17-8-16(20-11-21-17)23-22-10-13-9-19-15-7-12(18(25)26)5-6-14(13)15/h5-11,19H,3-4H2,1-2H3,(H,25,26)(H,20,21,23)/b22-10+. The molecule has 0 aliphatic heterocycles. The first-order valence-electron chi connectivity index (χ1n) is 8.32. The molecule has 3 aromatic rings. The van der Waals surface area contributed by atoms with Crippen LogP contribution >= 0.6 is 0 Å². The highest BCUT2D eigenvalue weighted by Crippen LogP contribution is 2.19. The third kappa shape index (κ3) is 3.64. The number of aromatic amines is 1. The molecule has 0 radical (unpaired) electrons. The molecule has 2 heterocycles. The minimum Gasteiger partial charge on any atom is -0.478 e. The molecule has 1 aromatic carbocycles. The maximum Gasteiger partial charge on any atom is 0.335 e. The molecule has 0 fully saturated rings. The summed E-state index contributed by atoms with van der Waals surface area (Å²) in [5, 5.41) is 14.2. The smallest absolute Gasteiger partial charge is 0.335 e. The molecule has 0 amide bonds. The zero-order valence-electron chi connectivity index (χ0n) is 14.6. The molecule has 3 rings (SSSR count). The Morgan fingerprint density at radius 2 is 2.12 bits per heavy atom. The fourth-order valence-electron chi connectivity index (χ4n) is 2.69. The summed E-state index contributed by atoms with van der Waals surface area (Å²) in [6.45, 7) is 5.88. The van der Waals surface area contributed by atoms with Gasteiger partial charge in [-0.2, -0.15) is 5.10 Å². The summed E-state index contributed by atoms with van der Waals surface area (Å²) in [5.74, 6) is 0.494. The average molecular weight is 352 g/mol. The number of carboxylic acid groups (broad SMARTS) is 1. The van der Waals surface area contributed by atoms with Gasteiger partial charge in [-0.3, -0.25) is 5.43 Å². The van der Waals surface area contributed by atoms with Crippen LogP contribution in [0.15, 0.2) is 41.9 Å². The van der Waals surface area contributed by atoms with Crippen molar-refractivity contribution in [2.45, 2.75) is 13.8 Å². The van der Waals surface area contributed by atoms with Crippen LogP contribution in [0.3, 0.4) is 0 Å². The molecule has 0 aliphatic rings. The maximum atomic E-state index is 11.0. The topological polar surface area (TPSA) is 106 Å². The van der Waals surface area contributed by atoms with Crippen molar-refractivity contribution in [2.24, 2.45) is 5.10 Å². The summed E-state index contributed by atoms with van der Waals surface area (Å²) < 4.78 is 0. The van der Waals surface area contributed by atoms with Gasteiger partial charge in [0.25, 0.3) is 0 Å². The number of carbonyl (C=O) groups is 1.